The lowest BCUT2D eigenvalue weighted by molar-refractivity contribution is -0.286. The summed E-state index contributed by atoms with van der Waals surface area (Å²) >= 11 is 0. The number of hydrogen-bond acceptors (Lipinski definition) is 4. The summed E-state index contributed by atoms with van der Waals surface area (Å²) in [6.45, 7) is 3.02. The Morgan fingerprint density at radius 1 is 1.42 bits per heavy atom. The molecule has 9 heteroatoms. The van der Waals surface area contributed by atoms with Gasteiger partial charge in [-0.15, -0.1) is 8.78 Å². The van der Waals surface area contributed by atoms with Gasteiger partial charge in [-0.3, -0.25) is 4.68 Å². The Balaban J connectivity index is 1.68. The summed E-state index contributed by atoms with van der Waals surface area (Å²) in [5.74, 6) is -0.312. The van der Waals surface area contributed by atoms with Crippen molar-refractivity contribution in [2.24, 2.45) is 0 Å². The standard InChI is InChI=1S/C15H16F2N4O3/c1-3-21-9-10(7-18-21)8-20(2)14(22)19-11-5-4-6-12-13(11)24-15(16,17)23-12/h4-7,9H,3,8H2,1-2H3,(H,19,22). The van der Waals surface area contributed by atoms with E-state index < -0.39 is 12.3 Å². The normalized spacial score (nSPS) is 14.5. The molecule has 2 amide bonds. The van der Waals surface area contributed by atoms with Gasteiger partial charge in [-0.1, -0.05) is 6.07 Å². The largest absolute Gasteiger partial charge is 0.586 e. The van der Waals surface area contributed by atoms with Gasteiger partial charge >= 0.3 is 12.3 Å². The van der Waals surface area contributed by atoms with E-state index in [-0.39, 0.29) is 17.2 Å². The molecule has 0 fully saturated rings. The topological polar surface area (TPSA) is 68.6 Å². The number of carbonyl (C=O) groups excluding carboxylic acids is 1. The molecule has 128 valence electrons. The van der Waals surface area contributed by atoms with Crippen LogP contribution in [0.5, 0.6) is 11.5 Å². The monoisotopic (exact) mass is 338 g/mol. The first kappa shape index (κ1) is 16.0. The van der Waals surface area contributed by atoms with Crippen molar-refractivity contribution in [3.63, 3.8) is 0 Å². The van der Waals surface area contributed by atoms with Gasteiger partial charge in [0.15, 0.2) is 11.5 Å². The number of nitrogens with one attached hydrogen (secondary N) is 1. The predicted octanol–water partition coefficient (Wildman–Crippen LogP) is 2.89. The van der Waals surface area contributed by atoms with Gasteiger partial charge in [-0.05, 0) is 19.1 Å². The highest BCUT2D eigenvalue weighted by Crippen LogP contribution is 2.45. The molecule has 0 saturated heterocycles. The molecule has 0 aliphatic carbocycles. The van der Waals surface area contributed by atoms with Crippen LogP contribution in [0.1, 0.15) is 12.5 Å². The maximum Gasteiger partial charge on any atom is 0.586 e. The number of ether oxygens (including phenoxy) is 2. The van der Waals surface area contributed by atoms with Crippen LogP contribution in [0.2, 0.25) is 0 Å². The number of para-hydroxylation sites is 1. The maximum atomic E-state index is 13.2. The quantitative estimate of drug-likeness (QED) is 0.931. The minimum Gasteiger partial charge on any atom is -0.395 e. The Kier molecular flexibility index (Phi) is 4.00. The average Bonchev–Trinajstić information content (AvgIpc) is 3.10. The Bertz CT molecular complexity index is 763. The number of rotatable bonds is 4. The van der Waals surface area contributed by atoms with Crippen molar-refractivity contribution < 1.29 is 23.0 Å². The molecule has 1 aliphatic heterocycles. The fourth-order valence-corrected chi connectivity index (χ4v) is 2.28. The smallest absolute Gasteiger partial charge is 0.395 e. The summed E-state index contributed by atoms with van der Waals surface area (Å²) in [7, 11) is 1.59. The van der Waals surface area contributed by atoms with E-state index in [2.05, 4.69) is 19.9 Å². The van der Waals surface area contributed by atoms with E-state index in [1.807, 2.05) is 13.1 Å². The number of aryl methyl sites for hydroxylation is 1. The number of fused-ring (bicyclic) bond motifs is 1. The molecule has 24 heavy (non-hydrogen) atoms. The van der Waals surface area contributed by atoms with Gasteiger partial charge in [0.05, 0.1) is 18.4 Å². The lowest BCUT2D eigenvalue weighted by atomic mass is 10.2. The summed E-state index contributed by atoms with van der Waals surface area (Å²) in [5.41, 5.74) is 0.977. The second-order valence-electron chi connectivity index (χ2n) is 5.29. The fraction of sp³-hybridized carbons (Fsp3) is 0.333. The number of alkyl halides is 2. The lowest BCUT2D eigenvalue weighted by Crippen LogP contribution is -2.31. The number of nitrogens with zero attached hydrogens (tertiary/aromatic N) is 3. The second-order valence-corrected chi connectivity index (χ2v) is 5.29. The van der Waals surface area contributed by atoms with E-state index >= 15 is 0 Å². The number of halogens is 2. The second kappa shape index (κ2) is 5.99. The van der Waals surface area contributed by atoms with Crippen LogP contribution >= 0.6 is 0 Å². The van der Waals surface area contributed by atoms with Crippen molar-refractivity contribution in [1.29, 1.82) is 0 Å². The summed E-state index contributed by atoms with van der Waals surface area (Å²) in [5, 5.41) is 6.67. The first-order chi connectivity index (χ1) is 11.4. The van der Waals surface area contributed by atoms with Crippen molar-refractivity contribution in [1.82, 2.24) is 14.7 Å². The molecule has 1 aromatic carbocycles. The van der Waals surface area contributed by atoms with E-state index in [0.717, 1.165) is 12.1 Å². The van der Waals surface area contributed by atoms with Crippen LogP contribution in [-0.4, -0.2) is 34.1 Å². The van der Waals surface area contributed by atoms with Crippen molar-refractivity contribution in [2.75, 3.05) is 12.4 Å². The van der Waals surface area contributed by atoms with Crippen LogP contribution in [-0.2, 0) is 13.1 Å². The van der Waals surface area contributed by atoms with Gasteiger partial charge in [-0.25, -0.2) is 4.79 Å². The summed E-state index contributed by atoms with van der Waals surface area (Å²) < 4.78 is 36.9. The molecule has 0 spiro atoms. The molecule has 1 N–H and O–H groups in total. The van der Waals surface area contributed by atoms with Gasteiger partial charge < -0.3 is 19.7 Å². The predicted molar refractivity (Wildman–Crippen MR) is 81.0 cm³/mol. The van der Waals surface area contributed by atoms with E-state index in [1.54, 1.807) is 17.9 Å². The van der Waals surface area contributed by atoms with Gasteiger partial charge in [0.2, 0.25) is 0 Å². The zero-order valence-electron chi connectivity index (χ0n) is 13.1. The number of hydrogen-bond donors (Lipinski definition) is 1. The first-order valence-electron chi connectivity index (χ1n) is 7.30. The molecule has 2 aromatic rings. The molecule has 1 aromatic heterocycles. The SMILES string of the molecule is CCn1cc(CN(C)C(=O)Nc2cccc3c2OC(F)(F)O3)cn1. The lowest BCUT2D eigenvalue weighted by Gasteiger charge is -2.17. The molecular formula is C15H16F2N4O3. The van der Waals surface area contributed by atoms with Crippen LogP contribution < -0.4 is 14.8 Å². The molecule has 3 rings (SSSR count). The van der Waals surface area contributed by atoms with Crippen LogP contribution in [0.25, 0.3) is 0 Å². The number of amides is 2. The highest BCUT2D eigenvalue weighted by Gasteiger charge is 2.44. The third-order valence-corrected chi connectivity index (χ3v) is 3.45. The van der Waals surface area contributed by atoms with E-state index in [4.69, 9.17) is 0 Å². The van der Waals surface area contributed by atoms with E-state index in [1.165, 1.54) is 23.1 Å². The molecule has 0 unspecified atom stereocenters. The molecule has 0 atom stereocenters. The average molecular weight is 338 g/mol. The minimum absolute atomic E-state index is 0.116. The van der Waals surface area contributed by atoms with Crippen LogP contribution in [0.4, 0.5) is 19.3 Å². The Hall–Kier alpha value is -2.84. The van der Waals surface area contributed by atoms with Crippen molar-refractivity contribution in [2.45, 2.75) is 26.3 Å². The molecule has 0 bridgehead atoms. The minimum atomic E-state index is -3.73. The van der Waals surface area contributed by atoms with E-state index in [9.17, 15) is 13.6 Å². The number of benzene rings is 1. The molecule has 0 saturated carbocycles. The van der Waals surface area contributed by atoms with Crippen LogP contribution in [0, 0.1) is 0 Å². The van der Waals surface area contributed by atoms with Gasteiger partial charge in [0, 0.05) is 25.4 Å². The Morgan fingerprint density at radius 2 is 2.21 bits per heavy atom. The third kappa shape index (κ3) is 3.24. The van der Waals surface area contributed by atoms with Gasteiger partial charge in [0.25, 0.3) is 0 Å². The molecular weight excluding hydrogens is 322 g/mol. The van der Waals surface area contributed by atoms with Crippen molar-refractivity contribution >= 4 is 11.7 Å². The first-order valence-corrected chi connectivity index (χ1v) is 7.30. The van der Waals surface area contributed by atoms with Crippen LogP contribution in [0.3, 0.4) is 0 Å². The third-order valence-electron chi connectivity index (χ3n) is 3.45. The fourth-order valence-electron chi connectivity index (χ4n) is 2.28. The highest BCUT2D eigenvalue weighted by molar-refractivity contribution is 5.91. The zero-order valence-corrected chi connectivity index (χ0v) is 13.1. The number of aromatic nitrogens is 2. The number of urea groups is 1. The summed E-state index contributed by atoms with van der Waals surface area (Å²) in [4.78, 5) is 13.7. The molecule has 2 heterocycles. The van der Waals surface area contributed by atoms with Gasteiger partial charge in [0.1, 0.15) is 0 Å². The van der Waals surface area contributed by atoms with Crippen molar-refractivity contribution in [3.05, 3.63) is 36.2 Å². The summed E-state index contributed by atoms with van der Waals surface area (Å²) in [6, 6.07) is 3.83. The van der Waals surface area contributed by atoms with Gasteiger partial charge in [-0.2, -0.15) is 5.10 Å². The zero-order chi connectivity index (χ0) is 17.3. The number of carbonyl (C=O) groups is 1. The Morgan fingerprint density at radius 3 is 2.92 bits per heavy atom. The highest BCUT2D eigenvalue weighted by atomic mass is 19.3. The maximum absolute atomic E-state index is 13.2. The summed E-state index contributed by atoms with van der Waals surface area (Å²) in [6.07, 6.45) is -0.226. The van der Waals surface area contributed by atoms with Crippen molar-refractivity contribution in [3.8, 4) is 11.5 Å². The van der Waals surface area contributed by atoms with E-state index in [0.29, 0.717) is 6.54 Å². The molecule has 0 radical (unpaired) electrons. The molecule has 7 nitrogen and oxygen atoms in total. The number of anilines is 1. The van der Waals surface area contributed by atoms with Crippen LogP contribution in [0.15, 0.2) is 30.6 Å². The molecule has 1 aliphatic rings. The Labute approximate surface area is 136 Å².